The topological polar surface area (TPSA) is 89.6 Å². The van der Waals surface area contributed by atoms with E-state index < -0.39 is 4.92 Å². The van der Waals surface area contributed by atoms with Gasteiger partial charge in [-0.25, -0.2) is 0 Å². The number of likely N-dealkylation sites (tertiary alicyclic amines) is 1. The zero-order valence-electron chi connectivity index (χ0n) is 22.2. The van der Waals surface area contributed by atoms with Crippen LogP contribution >= 0.6 is 0 Å². The van der Waals surface area contributed by atoms with Crippen molar-refractivity contribution in [3.8, 4) is 5.75 Å². The van der Waals surface area contributed by atoms with Crippen LogP contribution in [0, 0.1) is 10.1 Å². The number of carbonyl (C=O) groups is 1. The number of nitro groups is 1. The second-order valence-electron chi connectivity index (χ2n) is 10.1. The number of rotatable bonds is 11. The van der Waals surface area contributed by atoms with Crippen LogP contribution in [-0.4, -0.2) is 53.6 Å². The van der Waals surface area contributed by atoms with Gasteiger partial charge >= 0.3 is 0 Å². The van der Waals surface area contributed by atoms with E-state index in [0.717, 1.165) is 53.0 Å². The lowest BCUT2D eigenvalue weighted by Crippen LogP contribution is -2.34. The molecule has 4 aromatic rings. The molecule has 1 N–H and O–H groups in total. The van der Waals surface area contributed by atoms with Gasteiger partial charge in [-0.15, -0.1) is 0 Å². The highest BCUT2D eigenvalue weighted by atomic mass is 16.6. The normalized spacial score (nSPS) is 14.4. The second kappa shape index (κ2) is 12.1. The Morgan fingerprint density at radius 2 is 1.74 bits per heavy atom. The smallest absolute Gasteiger partial charge is 0.269 e. The third-order valence-electron chi connectivity index (χ3n) is 7.55. The molecule has 1 amide bonds. The number of amides is 1. The number of para-hydroxylation sites is 1. The zero-order chi connectivity index (χ0) is 27.2. The number of benzene rings is 3. The van der Waals surface area contributed by atoms with Crippen LogP contribution in [-0.2, 0) is 11.3 Å². The Morgan fingerprint density at radius 1 is 1.03 bits per heavy atom. The maximum absolute atomic E-state index is 13.2. The molecule has 1 aliphatic rings. The minimum absolute atomic E-state index is 0.0236. The highest BCUT2D eigenvalue weighted by Crippen LogP contribution is 2.36. The molecule has 0 radical (unpaired) electrons. The molecule has 0 aliphatic carbocycles. The molecule has 1 fully saturated rings. The van der Waals surface area contributed by atoms with Crippen molar-refractivity contribution < 1.29 is 14.5 Å². The molecule has 202 valence electrons. The van der Waals surface area contributed by atoms with Gasteiger partial charge in [-0.3, -0.25) is 14.9 Å². The highest BCUT2D eigenvalue weighted by Gasteiger charge is 2.24. The minimum Gasteiger partial charge on any atom is -0.497 e. The van der Waals surface area contributed by atoms with Crippen molar-refractivity contribution in [2.45, 2.75) is 31.7 Å². The first-order chi connectivity index (χ1) is 19.0. The first-order valence-corrected chi connectivity index (χ1v) is 13.5. The first-order valence-electron chi connectivity index (χ1n) is 13.5. The molecule has 0 unspecified atom stereocenters. The van der Waals surface area contributed by atoms with E-state index in [9.17, 15) is 14.9 Å². The Bertz CT molecular complexity index is 1420. The van der Waals surface area contributed by atoms with Crippen LogP contribution in [0.25, 0.3) is 10.9 Å². The van der Waals surface area contributed by atoms with Crippen LogP contribution in [0.3, 0.4) is 0 Å². The molecule has 0 spiro atoms. The molecule has 8 nitrogen and oxygen atoms in total. The third kappa shape index (κ3) is 6.29. The molecule has 0 bridgehead atoms. The Morgan fingerprint density at radius 3 is 2.44 bits per heavy atom. The number of nitrogens with zero attached hydrogens (tertiary/aromatic N) is 3. The molecule has 39 heavy (non-hydrogen) atoms. The number of carbonyl (C=O) groups excluding carboxylic acids is 1. The standard InChI is InChI=1S/C31H34N4O4/c1-39-26-14-8-23(9-15-26)21-34-22-29(27-6-2-3-7-30(27)34)28(24-10-12-25(13-11-24)35(37)38)20-31(36)32-16-19-33-17-4-5-18-33/h2-3,6-15,22,28H,4-5,16-21H2,1H3,(H,32,36)/t28-/m0/s1. The summed E-state index contributed by atoms with van der Waals surface area (Å²) >= 11 is 0. The highest BCUT2D eigenvalue weighted by molar-refractivity contribution is 5.87. The van der Waals surface area contributed by atoms with E-state index in [-0.39, 0.29) is 23.9 Å². The van der Waals surface area contributed by atoms with E-state index in [1.54, 1.807) is 19.2 Å². The summed E-state index contributed by atoms with van der Waals surface area (Å²) in [6, 6.07) is 22.8. The van der Waals surface area contributed by atoms with Gasteiger partial charge in [0.05, 0.1) is 12.0 Å². The summed E-state index contributed by atoms with van der Waals surface area (Å²) < 4.78 is 7.51. The van der Waals surface area contributed by atoms with Crippen LogP contribution in [0.5, 0.6) is 5.75 Å². The number of non-ortho nitro benzene ring substituents is 1. The SMILES string of the molecule is COc1ccc(Cn2cc([C@@H](CC(=O)NCCN3CCCC3)c3ccc([N+](=O)[O-])cc3)c3ccccc32)cc1. The fraction of sp³-hybridized carbons (Fsp3) is 0.323. The van der Waals surface area contributed by atoms with Crippen LogP contribution in [0.1, 0.15) is 41.9 Å². The first kappa shape index (κ1) is 26.4. The predicted octanol–water partition coefficient (Wildman–Crippen LogP) is 5.34. The number of aromatic nitrogens is 1. The average Bonchev–Trinajstić information content (AvgIpc) is 3.61. The van der Waals surface area contributed by atoms with Crippen molar-refractivity contribution in [2.24, 2.45) is 0 Å². The third-order valence-corrected chi connectivity index (χ3v) is 7.55. The van der Waals surface area contributed by atoms with Crippen molar-refractivity contribution in [2.75, 3.05) is 33.3 Å². The van der Waals surface area contributed by atoms with Gasteiger partial charge in [-0.2, -0.15) is 0 Å². The Hall–Kier alpha value is -4.17. The largest absolute Gasteiger partial charge is 0.497 e. The van der Waals surface area contributed by atoms with Gasteiger partial charge in [0.15, 0.2) is 0 Å². The zero-order valence-corrected chi connectivity index (χ0v) is 22.2. The summed E-state index contributed by atoms with van der Waals surface area (Å²) in [4.78, 5) is 26.4. The predicted molar refractivity (Wildman–Crippen MR) is 152 cm³/mol. The van der Waals surface area contributed by atoms with Crippen LogP contribution in [0.15, 0.2) is 79.0 Å². The summed E-state index contributed by atoms with van der Waals surface area (Å²) in [5.41, 5.74) is 4.15. The van der Waals surface area contributed by atoms with Gasteiger partial charge in [0.1, 0.15) is 5.75 Å². The lowest BCUT2D eigenvalue weighted by molar-refractivity contribution is -0.384. The fourth-order valence-electron chi connectivity index (χ4n) is 5.46. The van der Waals surface area contributed by atoms with Crippen LogP contribution < -0.4 is 10.1 Å². The monoisotopic (exact) mass is 526 g/mol. The maximum Gasteiger partial charge on any atom is 0.269 e. The average molecular weight is 527 g/mol. The number of nitrogens with one attached hydrogen (secondary N) is 1. The van der Waals surface area contributed by atoms with E-state index in [0.29, 0.717) is 13.1 Å². The molecule has 1 aliphatic heterocycles. The fourth-order valence-corrected chi connectivity index (χ4v) is 5.46. The van der Waals surface area contributed by atoms with Crippen LogP contribution in [0.2, 0.25) is 0 Å². The lowest BCUT2D eigenvalue weighted by Gasteiger charge is -2.19. The van der Waals surface area contributed by atoms with Crippen molar-refractivity contribution in [3.05, 3.63) is 106 Å². The molecule has 5 rings (SSSR count). The van der Waals surface area contributed by atoms with Gasteiger partial charge < -0.3 is 19.5 Å². The van der Waals surface area contributed by atoms with Crippen LogP contribution in [0.4, 0.5) is 5.69 Å². The number of fused-ring (bicyclic) bond motifs is 1. The summed E-state index contributed by atoms with van der Waals surface area (Å²) in [6.07, 6.45) is 4.82. The van der Waals surface area contributed by atoms with E-state index in [2.05, 4.69) is 45.2 Å². The molecule has 1 saturated heterocycles. The summed E-state index contributed by atoms with van der Waals surface area (Å²) in [5.74, 6) is 0.537. The van der Waals surface area contributed by atoms with Crippen molar-refractivity contribution in [1.29, 1.82) is 0 Å². The molecular weight excluding hydrogens is 492 g/mol. The van der Waals surface area contributed by atoms with Crippen molar-refractivity contribution >= 4 is 22.5 Å². The van der Waals surface area contributed by atoms with Gasteiger partial charge in [-0.05, 0) is 60.8 Å². The molecule has 2 heterocycles. The molecule has 1 aromatic heterocycles. The van der Waals surface area contributed by atoms with E-state index in [4.69, 9.17) is 4.74 Å². The van der Waals surface area contributed by atoms with E-state index >= 15 is 0 Å². The van der Waals surface area contributed by atoms with E-state index in [1.165, 1.54) is 25.0 Å². The Kier molecular flexibility index (Phi) is 8.22. The molecule has 1 atom stereocenters. The molecular formula is C31H34N4O4. The lowest BCUT2D eigenvalue weighted by atomic mass is 9.88. The molecule has 8 heteroatoms. The van der Waals surface area contributed by atoms with Crippen molar-refractivity contribution in [3.63, 3.8) is 0 Å². The Labute approximate surface area is 228 Å². The van der Waals surface area contributed by atoms with Crippen molar-refractivity contribution in [1.82, 2.24) is 14.8 Å². The van der Waals surface area contributed by atoms with Gasteiger partial charge in [0, 0.05) is 61.2 Å². The van der Waals surface area contributed by atoms with Gasteiger partial charge in [0.2, 0.25) is 5.91 Å². The van der Waals surface area contributed by atoms with E-state index in [1.807, 2.05) is 24.3 Å². The minimum atomic E-state index is -0.398. The maximum atomic E-state index is 13.2. The molecule has 0 saturated carbocycles. The number of methoxy groups -OCH3 is 1. The van der Waals surface area contributed by atoms with Gasteiger partial charge in [-0.1, -0.05) is 42.5 Å². The number of ether oxygens (including phenoxy) is 1. The summed E-state index contributed by atoms with van der Waals surface area (Å²) in [5, 5.41) is 15.5. The number of nitro benzene ring substituents is 1. The number of hydrogen-bond acceptors (Lipinski definition) is 5. The Balaban J connectivity index is 1.45. The quantitative estimate of drug-likeness (QED) is 0.210. The summed E-state index contributed by atoms with van der Waals surface area (Å²) in [6.45, 7) is 4.32. The second-order valence-corrected chi connectivity index (χ2v) is 10.1. The number of hydrogen-bond donors (Lipinski definition) is 1. The summed E-state index contributed by atoms with van der Waals surface area (Å²) in [7, 11) is 1.65. The molecule has 3 aromatic carbocycles. The van der Waals surface area contributed by atoms with Gasteiger partial charge in [0.25, 0.3) is 5.69 Å².